The van der Waals surface area contributed by atoms with Gasteiger partial charge in [0.15, 0.2) is 0 Å². The van der Waals surface area contributed by atoms with Gasteiger partial charge in [0.25, 0.3) is 0 Å². The number of rotatable bonds is 2. The number of hydrogen-bond donors (Lipinski definition) is 2. The van der Waals surface area contributed by atoms with Crippen LogP contribution in [0.2, 0.25) is 0 Å². The lowest BCUT2D eigenvalue weighted by Gasteiger charge is -2.36. The first-order chi connectivity index (χ1) is 10.3. The van der Waals surface area contributed by atoms with Crippen LogP contribution in [0.4, 0.5) is 4.79 Å². The first kappa shape index (κ1) is 13.1. The van der Waals surface area contributed by atoms with E-state index >= 15 is 0 Å². The van der Waals surface area contributed by atoms with Crippen molar-refractivity contribution in [1.29, 1.82) is 0 Å². The van der Waals surface area contributed by atoms with Gasteiger partial charge < -0.3 is 15.5 Å². The van der Waals surface area contributed by atoms with Gasteiger partial charge in [-0.15, -0.1) is 0 Å². The Balaban J connectivity index is 1.31. The van der Waals surface area contributed by atoms with Gasteiger partial charge in [-0.25, -0.2) is 4.79 Å². The molecule has 2 saturated heterocycles. The molecule has 21 heavy (non-hydrogen) atoms. The molecule has 0 bridgehead atoms. The number of nitrogens with zero attached hydrogens (tertiary/aromatic N) is 2. The van der Waals surface area contributed by atoms with E-state index < -0.39 is 0 Å². The molecule has 3 atom stereocenters. The smallest absolute Gasteiger partial charge is 0.317 e. The minimum Gasteiger partial charge on any atom is -0.335 e. The highest BCUT2D eigenvalue weighted by Crippen LogP contribution is 2.40. The minimum absolute atomic E-state index is 0.116. The Hall–Kier alpha value is -1.59. The number of fused-ring (bicyclic) bond motifs is 1. The average Bonchev–Trinajstić information content (AvgIpc) is 3.12. The summed E-state index contributed by atoms with van der Waals surface area (Å²) < 4.78 is 0. The van der Waals surface area contributed by atoms with Gasteiger partial charge >= 0.3 is 6.03 Å². The maximum Gasteiger partial charge on any atom is 0.317 e. The van der Waals surface area contributed by atoms with Crippen LogP contribution in [0.3, 0.4) is 0 Å². The minimum atomic E-state index is 0.116. The summed E-state index contributed by atoms with van der Waals surface area (Å²) in [5.41, 5.74) is 1.34. The molecule has 1 aliphatic carbocycles. The SMILES string of the molecule is O=C(N[C@H]1C[C@@H]1c1ccccc1)N1CCN2CNCC2C1. The first-order valence-corrected chi connectivity index (χ1v) is 7.86. The quantitative estimate of drug-likeness (QED) is 0.845. The maximum atomic E-state index is 12.4. The highest BCUT2D eigenvalue weighted by atomic mass is 16.2. The third-order valence-corrected chi connectivity index (χ3v) is 4.91. The summed E-state index contributed by atoms with van der Waals surface area (Å²) in [7, 11) is 0. The van der Waals surface area contributed by atoms with Gasteiger partial charge in [-0.2, -0.15) is 0 Å². The van der Waals surface area contributed by atoms with Crippen molar-refractivity contribution in [2.75, 3.05) is 32.8 Å². The molecule has 5 heteroatoms. The van der Waals surface area contributed by atoms with E-state index in [0.29, 0.717) is 18.0 Å². The zero-order valence-electron chi connectivity index (χ0n) is 12.2. The molecule has 2 N–H and O–H groups in total. The Kier molecular flexibility index (Phi) is 3.31. The fourth-order valence-electron chi connectivity index (χ4n) is 3.53. The zero-order chi connectivity index (χ0) is 14.2. The maximum absolute atomic E-state index is 12.4. The Morgan fingerprint density at radius 1 is 1.24 bits per heavy atom. The molecule has 1 aromatic carbocycles. The number of urea groups is 1. The number of benzene rings is 1. The van der Waals surface area contributed by atoms with Crippen molar-refractivity contribution in [1.82, 2.24) is 20.4 Å². The van der Waals surface area contributed by atoms with Gasteiger partial charge in [0.1, 0.15) is 0 Å². The summed E-state index contributed by atoms with van der Waals surface area (Å²) in [6.45, 7) is 4.64. The number of nitrogens with one attached hydrogen (secondary N) is 2. The molecule has 2 heterocycles. The molecule has 0 radical (unpaired) electrons. The summed E-state index contributed by atoms with van der Waals surface area (Å²) in [5, 5.41) is 6.57. The van der Waals surface area contributed by atoms with Gasteiger partial charge in [0.05, 0.1) is 0 Å². The summed E-state index contributed by atoms with van der Waals surface area (Å²) in [4.78, 5) is 16.8. The van der Waals surface area contributed by atoms with E-state index in [0.717, 1.165) is 39.3 Å². The molecule has 3 aliphatic rings. The largest absolute Gasteiger partial charge is 0.335 e. The third-order valence-electron chi connectivity index (χ3n) is 4.91. The number of hydrogen-bond acceptors (Lipinski definition) is 3. The second-order valence-corrected chi connectivity index (χ2v) is 6.33. The van der Waals surface area contributed by atoms with Crippen molar-refractivity contribution < 1.29 is 4.79 Å². The second kappa shape index (κ2) is 5.31. The van der Waals surface area contributed by atoms with Crippen LogP contribution < -0.4 is 10.6 Å². The lowest BCUT2D eigenvalue weighted by Crippen LogP contribution is -2.55. The number of carbonyl (C=O) groups is 1. The van der Waals surface area contributed by atoms with E-state index in [-0.39, 0.29) is 6.03 Å². The molecule has 2 amide bonds. The molecule has 3 fully saturated rings. The van der Waals surface area contributed by atoms with Gasteiger partial charge in [-0.05, 0) is 12.0 Å². The lowest BCUT2D eigenvalue weighted by atomic mass is 10.1. The Morgan fingerprint density at radius 3 is 2.95 bits per heavy atom. The summed E-state index contributed by atoms with van der Waals surface area (Å²) in [6, 6.07) is 11.4. The Bertz CT molecular complexity index is 520. The van der Waals surface area contributed by atoms with Crippen LogP contribution in [0.15, 0.2) is 30.3 Å². The predicted octanol–water partition coefficient (Wildman–Crippen LogP) is 0.799. The topological polar surface area (TPSA) is 47.6 Å². The van der Waals surface area contributed by atoms with Crippen LogP contribution in [0.1, 0.15) is 17.9 Å². The van der Waals surface area contributed by atoms with E-state index in [1.54, 1.807) is 0 Å². The highest BCUT2D eigenvalue weighted by molar-refractivity contribution is 5.75. The van der Waals surface area contributed by atoms with Crippen LogP contribution in [0.25, 0.3) is 0 Å². The number of carbonyl (C=O) groups excluding carboxylic acids is 1. The summed E-state index contributed by atoms with van der Waals surface area (Å²) in [5.74, 6) is 0.504. The molecular weight excluding hydrogens is 264 g/mol. The zero-order valence-corrected chi connectivity index (χ0v) is 12.2. The molecule has 0 aromatic heterocycles. The molecule has 2 aliphatic heterocycles. The molecule has 1 unspecified atom stereocenters. The van der Waals surface area contributed by atoms with Crippen LogP contribution >= 0.6 is 0 Å². The number of piperazine rings is 1. The molecule has 112 valence electrons. The van der Waals surface area contributed by atoms with Gasteiger partial charge in [0, 0.05) is 50.8 Å². The van der Waals surface area contributed by atoms with Crippen LogP contribution in [0.5, 0.6) is 0 Å². The predicted molar refractivity (Wildman–Crippen MR) is 81.1 cm³/mol. The van der Waals surface area contributed by atoms with E-state index in [1.165, 1.54) is 5.56 Å². The molecule has 1 aromatic rings. The second-order valence-electron chi connectivity index (χ2n) is 6.33. The van der Waals surface area contributed by atoms with Crippen molar-refractivity contribution in [3.8, 4) is 0 Å². The molecule has 0 spiro atoms. The van der Waals surface area contributed by atoms with E-state index in [4.69, 9.17) is 0 Å². The highest BCUT2D eigenvalue weighted by Gasteiger charge is 2.41. The van der Waals surface area contributed by atoms with Crippen molar-refractivity contribution in [3.05, 3.63) is 35.9 Å². The van der Waals surface area contributed by atoms with Gasteiger partial charge in [-0.1, -0.05) is 30.3 Å². The normalized spacial score (nSPS) is 31.8. The van der Waals surface area contributed by atoms with Crippen molar-refractivity contribution in [2.45, 2.75) is 24.4 Å². The van der Waals surface area contributed by atoms with Crippen molar-refractivity contribution >= 4 is 6.03 Å². The van der Waals surface area contributed by atoms with Crippen LogP contribution in [-0.4, -0.2) is 60.8 Å². The van der Waals surface area contributed by atoms with Crippen LogP contribution in [-0.2, 0) is 0 Å². The first-order valence-electron chi connectivity index (χ1n) is 7.86. The molecule has 5 nitrogen and oxygen atoms in total. The Morgan fingerprint density at radius 2 is 2.10 bits per heavy atom. The van der Waals surface area contributed by atoms with E-state index in [1.807, 2.05) is 11.0 Å². The standard InChI is InChI=1S/C16H22N4O/c21-16(19-6-7-20-11-17-9-13(20)10-19)18-15-8-14(15)12-4-2-1-3-5-12/h1-5,13-15,17H,6-11H2,(H,18,21)/t13?,14-,15+/m1/s1. The third kappa shape index (κ3) is 2.63. The average molecular weight is 286 g/mol. The van der Waals surface area contributed by atoms with E-state index in [2.05, 4.69) is 39.8 Å². The fraction of sp³-hybridized carbons (Fsp3) is 0.562. The summed E-state index contributed by atoms with van der Waals surface area (Å²) >= 11 is 0. The van der Waals surface area contributed by atoms with Gasteiger partial charge in [-0.3, -0.25) is 4.90 Å². The number of amides is 2. The van der Waals surface area contributed by atoms with E-state index in [9.17, 15) is 4.79 Å². The molecule has 1 saturated carbocycles. The van der Waals surface area contributed by atoms with Crippen molar-refractivity contribution in [3.63, 3.8) is 0 Å². The lowest BCUT2D eigenvalue weighted by molar-refractivity contribution is 0.120. The Labute approximate surface area is 125 Å². The summed E-state index contributed by atoms with van der Waals surface area (Å²) in [6.07, 6.45) is 1.07. The monoisotopic (exact) mass is 286 g/mol. The molecule has 4 rings (SSSR count). The fourth-order valence-corrected chi connectivity index (χ4v) is 3.53. The van der Waals surface area contributed by atoms with Crippen molar-refractivity contribution in [2.24, 2.45) is 0 Å². The molecular formula is C16H22N4O. The van der Waals surface area contributed by atoms with Gasteiger partial charge in [0.2, 0.25) is 0 Å². The van der Waals surface area contributed by atoms with Crippen LogP contribution in [0, 0.1) is 0 Å².